The van der Waals surface area contributed by atoms with Gasteiger partial charge in [-0.15, -0.1) is 0 Å². The van der Waals surface area contributed by atoms with E-state index in [9.17, 15) is 9.59 Å². The normalized spacial score (nSPS) is 10.8. The van der Waals surface area contributed by atoms with Crippen LogP contribution in [0.4, 0.5) is 11.4 Å². The number of aromatic nitrogens is 3. The Morgan fingerprint density at radius 3 is 2.43 bits per heavy atom. The fraction of sp³-hybridized carbons (Fsp3) is 0.238. The lowest BCUT2D eigenvalue weighted by atomic mass is 10.1. The SMILES string of the molecule is CCc1ccccc1NC(=O)CN(C)CC(=O)Nc1cc(Cl)ccc1-n1cncn1. The van der Waals surface area contributed by atoms with Gasteiger partial charge in [0.15, 0.2) is 0 Å². The van der Waals surface area contributed by atoms with Crippen molar-refractivity contribution < 1.29 is 9.59 Å². The highest BCUT2D eigenvalue weighted by molar-refractivity contribution is 6.31. The molecule has 0 fully saturated rings. The van der Waals surface area contributed by atoms with Gasteiger partial charge in [0.05, 0.1) is 24.5 Å². The third-order valence-electron chi connectivity index (χ3n) is 4.40. The van der Waals surface area contributed by atoms with Gasteiger partial charge in [0, 0.05) is 10.7 Å². The van der Waals surface area contributed by atoms with Crippen molar-refractivity contribution in [2.45, 2.75) is 13.3 Å². The summed E-state index contributed by atoms with van der Waals surface area (Å²) in [7, 11) is 1.71. The minimum absolute atomic E-state index is 0.0339. The number of amides is 2. The molecule has 0 aliphatic rings. The van der Waals surface area contributed by atoms with Crippen LogP contribution in [0.1, 0.15) is 12.5 Å². The van der Waals surface area contributed by atoms with Gasteiger partial charge < -0.3 is 10.6 Å². The molecule has 0 radical (unpaired) electrons. The molecule has 0 aliphatic carbocycles. The van der Waals surface area contributed by atoms with Crippen LogP contribution in [0.15, 0.2) is 55.1 Å². The molecule has 9 heteroatoms. The molecule has 30 heavy (non-hydrogen) atoms. The van der Waals surface area contributed by atoms with E-state index in [1.807, 2.05) is 31.2 Å². The Balaban J connectivity index is 1.59. The van der Waals surface area contributed by atoms with E-state index in [0.29, 0.717) is 16.4 Å². The number of anilines is 2. The van der Waals surface area contributed by atoms with Gasteiger partial charge in [-0.05, 0) is 43.3 Å². The van der Waals surface area contributed by atoms with E-state index >= 15 is 0 Å². The molecule has 0 spiro atoms. The first-order valence-electron chi connectivity index (χ1n) is 9.47. The standard InChI is InChI=1S/C21H23ClN6O2/c1-3-15-6-4-5-7-17(15)25-20(29)11-27(2)12-21(30)26-18-10-16(22)8-9-19(18)28-14-23-13-24-28/h4-10,13-14H,3,11-12H2,1-2H3,(H,25,29)(H,26,30). The second-order valence-corrected chi connectivity index (χ2v) is 7.22. The number of halogens is 1. The van der Waals surface area contributed by atoms with E-state index in [1.54, 1.807) is 30.1 Å². The molecule has 8 nitrogen and oxygen atoms in total. The van der Waals surface area contributed by atoms with Gasteiger partial charge in [-0.3, -0.25) is 14.5 Å². The number of nitrogens with zero attached hydrogens (tertiary/aromatic N) is 4. The van der Waals surface area contributed by atoms with Crippen LogP contribution in [0.5, 0.6) is 0 Å². The molecule has 0 saturated carbocycles. The number of carbonyl (C=O) groups excluding carboxylic acids is 2. The zero-order valence-electron chi connectivity index (χ0n) is 16.8. The van der Waals surface area contributed by atoms with Crippen LogP contribution in [0.2, 0.25) is 5.02 Å². The summed E-state index contributed by atoms with van der Waals surface area (Å²) in [5.74, 6) is -0.458. The highest BCUT2D eigenvalue weighted by atomic mass is 35.5. The van der Waals surface area contributed by atoms with E-state index in [1.165, 1.54) is 17.3 Å². The van der Waals surface area contributed by atoms with Gasteiger partial charge in [0.1, 0.15) is 12.7 Å². The monoisotopic (exact) mass is 426 g/mol. The van der Waals surface area contributed by atoms with Crippen LogP contribution in [-0.4, -0.2) is 51.6 Å². The molecule has 2 aromatic carbocycles. The zero-order chi connectivity index (χ0) is 21.5. The summed E-state index contributed by atoms with van der Waals surface area (Å²) in [5, 5.41) is 10.3. The van der Waals surface area contributed by atoms with E-state index in [4.69, 9.17) is 11.6 Å². The molecule has 156 valence electrons. The van der Waals surface area contributed by atoms with Crippen LogP contribution < -0.4 is 10.6 Å². The summed E-state index contributed by atoms with van der Waals surface area (Å²) < 4.78 is 1.54. The number of likely N-dealkylation sites (N-methyl/N-ethyl adjacent to an activating group) is 1. The van der Waals surface area contributed by atoms with Gasteiger partial charge in [-0.25, -0.2) is 9.67 Å². The Kier molecular flexibility index (Phi) is 7.16. The topological polar surface area (TPSA) is 92.2 Å². The van der Waals surface area contributed by atoms with E-state index in [0.717, 1.165) is 17.7 Å². The van der Waals surface area contributed by atoms with Crippen molar-refractivity contribution in [3.63, 3.8) is 0 Å². The smallest absolute Gasteiger partial charge is 0.238 e. The molecule has 0 saturated heterocycles. The van der Waals surface area contributed by atoms with Crippen LogP contribution >= 0.6 is 11.6 Å². The van der Waals surface area contributed by atoms with Gasteiger partial charge in [-0.2, -0.15) is 5.10 Å². The Hall–Kier alpha value is -3.23. The lowest BCUT2D eigenvalue weighted by Crippen LogP contribution is -2.36. The molecule has 3 rings (SSSR count). The van der Waals surface area contributed by atoms with Crippen LogP contribution in [0, 0.1) is 0 Å². The number of hydrogen-bond donors (Lipinski definition) is 2. The van der Waals surface area contributed by atoms with Gasteiger partial charge in [-0.1, -0.05) is 36.7 Å². The quantitative estimate of drug-likeness (QED) is 0.577. The average molecular weight is 427 g/mol. The van der Waals surface area contributed by atoms with Crippen molar-refractivity contribution in [3.8, 4) is 5.69 Å². The van der Waals surface area contributed by atoms with E-state index in [2.05, 4.69) is 20.7 Å². The fourth-order valence-corrected chi connectivity index (χ4v) is 3.19. The predicted octanol–water partition coefficient (Wildman–Crippen LogP) is 2.99. The van der Waals surface area contributed by atoms with Crippen molar-refractivity contribution >= 4 is 34.8 Å². The first-order valence-corrected chi connectivity index (χ1v) is 9.84. The van der Waals surface area contributed by atoms with E-state index in [-0.39, 0.29) is 24.9 Å². The maximum Gasteiger partial charge on any atom is 0.238 e. The van der Waals surface area contributed by atoms with Crippen molar-refractivity contribution in [3.05, 3.63) is 65.7 Å². The Labute approximate surface area is 179 Å². The van der Waals surface area contributed by atoms with Crippen molar-refractivity contribution in [2.75, 3.05) is 30.8 Å². The first-order chi connectivity index (χ1) is 14.5. The molecule has 0 atom stereocenters. The summed E-state index contributed by atoms with van der Waals surface area (Å²) in [6, 6.07) is 12.8. The molecular formula is C21H23ClN6O2. The number of benzene rings is 2. The van der Waals surface area contributed by atoms with E-state index < -0.39 is 0 Å². The zero-order valence-corrected chi connectivity index (χ0v) is 17.6. The number of hydrogen-bond acceptors (Lipinski definition) is 5. The third kappa shape index (κ3) is 5.65. The minimum atomic E-state index is -0.275. The Morgan fingerprint density at radius 1 is 1.07 bits per heavy atom. The van der Waals surface area contributed by atoms with Gasteiger partial charge >= 0.3 is 0 Å². The molecule has 2 amide bonds. The maximum atomic E-state index is 12.5. The minimum Gasteiger partial charge on any atom is -0.325 e. The molecule has 1 heterocycles. The lowest BCUT2D eigenvalue weighted by Gasteiger charge is -2.18. The number of aryl methyl sites for hydroxylation is 1. The summed E-state index contributed by atoms with van der Waals surface area (Å²) in [4.78, 5) is 30.4. The average Bonchev–Trinajstić information content (AvgIpc) is 3.22. The lowest BCUT2D eigenvalue weighted by molar-refractivity contribution is -0.119. The molecule has 0 bridgehead atoms. The second-order valence-electron chi connectivity index (χ2n) is 6.78. The summed E-state index contributed by atoms with van der Waals surface area (Å²) >= 11 is 6.08. The molecule has 3 aromatic rings. The number of carbonyl (C=O) groups is 2. The first kappa shape index (κ1) is 21.5. The molecule has 0 unspecified atom stereocenters. The van der Waals surface area contributed by atoms with Crippen molar-refractivity contribution in [1.82, 2.24) is 19.7 Å². The molecule has 0 aliphatic heterocycles. The van der Waals surface area contributed by atoms with Crippen LogP contribution in [-0.2, 0) is 16.0 Å². The van der Waals surface area contributed by atoms with Crippen molar-refractivity contribution in [1.29, 1.82) is 0 Å². The summed E-state index contributed by atoms with van der Waals surface area (Å²) in [5.41, 5.74) is 3.00. The van der Waals surface area contributed by atoms with Crippen molar-refractivity contribution in [2.24, 2.45) is 0 Å². The largest absolute Gasteiger partial charge is 0.325 e. The predicted molar refractivity (Wildman–Crippen MR) is 117 cm³/mol. The molecule has 2 N–H and O–H groups in total. The second kappa shape index (κ2) is 10.00. The summed E-state index contributed by atoms with van der Waals surface area (Å²) in [6.45, 7) is 2.15. The molecular weight excluding hydrogens is 404 g/mol. The Morgan fingerprint density at radius 2 is 1.77 bits per heavy atom. The van der Waals surface area contributed by atoms with Crippen LogP contribution in [0.3, 0.4) is 0 Å². The maximum absolute atomic E-state index is 12.5. The van der Waals surface area contributed by atoms with Gasteiger partial charge in [0.2, 0.25) is 11.8 Å². The van der Waals surface area contributed by atoms with Crippen LogP contribution in [0.25, 0.3) is 5.69 Å². The van der Waals surface area contributed by atoms with Gasteiger partial charge in [0.25, 0.3) is 0 Å². The highest BCUT2D eigenvalue weighted by Gasteiger charge is 2.14. The number of para-hydroxylation sites is 1. The fourth-order valence-electron chi connectivity index (χ4n) is 3.02. The highest BCUT2D eigenvalue weighted by Crippen LogP contribution is 2.24. The summed E-state index contributed by atoms with van der Waals surface area (Å²) in [6.07, 6.45) is 3.76. The number of nitrogens with one attached hydrogen (secondary N) is 2. The number of rotatable bonds is 8. The third-order valence-corrected chi connectivity index (χ3v) is 4.63. The molecule has 1 aromatic heterocycles. The Bertz CT molecular complexity index is 1020.